The highest BCUT2D eigenvalue weighted by atomic mass is 19.4. The van der Waals surface area contributed by atoms with E-state index in [1.165, 1.54) is 13.0 Å². The molecule has 0 saturated carbocycles. The first-order chi connectivity index (χ1) is 8.20. The van der Waals surface area contributed by atoms with Crippen LogP contribution in [0.2, 0.25) is 0 Å². The molecule has 0 aliphatic rings. The highest BCUT2D eigenvalue weighted by Gasteiger charge is 2.58. The summed E-state index contributed by atoms with van der Waals surface area (Å²) in [6.45, 7) is 4.53. The highest BCUT2D eigenvalue weighted by Crippen LogP contribution is 2.44. The second-order valence-corrected chi connectivity index (χ2v) is 3.99. The van der Waals surface area contributed by atoms with E-state index in [-0.39, 0.29) is 0 Å². The maximum atomic E-state index is 13.1. The summed E-state index contributed by atoms with van der Waals surface area (Å²) in [7, 11) is 0. The van der Waals surface area contributed by atoms with Gasteiger partial charge in [-0.3, -0.25) is 0 Å². The largest absolute Gasteiger partial charge is 0.458 e. The third-order valence-electron chi connectivity index (χ3n) is 2.63. The van der Waals surface area contributed by atoms with Crippen LogP contribution in [0.15, 0.2) is 18.2 Å². The molecular weight excluding hydrogens is 253 g/mol. The average Bonchev–Trinajstić information content (AvgIpc) is 2.25. The Kier molecular flexibility index (Phi) is 4.32. The molecule has 0 radical (unpaired) electrons. The lowest BCUT2D eigenvalue weighted by Crippen LogP contribution is -2.33. The highest BCUT2D eigenvalue weighted by molar-refractivity contribution is 5.34. The Hall–Kier alpha value is -1.17. The molecule has 1 nitrogen and oxygen atoms in total. The summed E-state index contributed by atoms with van der Waals surface area (Å²) in [4.78, 5) is 0. The molecule has 0 atom stereocenters. The first-order valence-corrected chi connectivity index (χ1v) is 5.45. The fourth-order valence-electron chi connectivity index (χ4n) is 1.51. The summed E-state index contributed by atoms with van der Waals surface area (Å²) < 4.78 is 62.7. The van der Waals surface area contributed by atoms with Crippen LogP contribution in [0.4, 0.5) is 22.0 Å². The van der Waals surface area contributed by atoms with Gasteiger partial charge in [0.2, 0.25) is 0 Å². The third kappa shape index (κ3) is 2.98. The van der Waals surface area contributed by atoms with Gasteiger partial charge in [0.1, 0.15) is 0 Å². The summed E-state index contributed by atoms with van der Waals surface area (Å²) in [5, 5.41) is 2.98. The first-order valence-electron chi connectivity index (χ1n) is 5.45. The van der Waals surface area contributed by atoms with E-state index >= 15 is 0 Å². The molecule has 0 aromatic heterocycles. The first kappa shape index (κ1) is 14.9. The van der Waals surface area contributed by atoms with Gasteiger partial charge in [-0.1, -0.05) is 19.1 Å². The van der Waals surface area contributed by atoms with Crippen LogP contribution in [-0.2, 0) is 12.5 Å². The van der Waals surface area contributed by atoms with Gasteiger partial charge in [0.25, 0.3) is 0 Å². The van der Waals surface area contributed by atoms with Crippen molar-refractivity contribution in [3.63, 3.8) is 0 Å². The Balaban J connectivity index is 3.04. The molecule has 18 heavy (non-hydrogen) atoms. The van der Waals surface area contributed by atoms with Gasteiger partial charge < -0.3 is 5.32 Å². The van der Waals surface area contributed by atoms with E-state index in [4.69, 9.17) is 0 Å². The van der Waals surface area contributed by atoms with Gasteiger partial charge in [0, 0.05) is 12.1 Å². The van der Waals surface area contributed by atoms with Gasteiger partial charge in [0.05, 0.1) is 0 Å². The van der Waals surface area contributed by atoms with Crippen molar-refractivity contribution in [2.24, 2.45) is 0 Å². The van der Waals surface area contributed by atoms with Gasteiger partial charge in [0.15, 0.2) is 0 Å². The summed E-state index contributed by atoms with van der Waals surface area (Å²) in [5.74, 6) is -4.81. The Morgan fingerprint density at radius 2 is 1.72 bits per heavy atom. The minimum absolute atomic E-state index is 0.414. The second kappa shape index (κ2) is 5.22. The lowest BCUT2D eigenvalue weighted by molar-refractivity contribution is -0.289. The quantitative estimate of drug-likeness (QED) is 0.819. The van der Waals surface area contributed by atoms with E-state index in [9.17, 15) is 22.0 Å². The molecule has 0 bridgehead atoms. The van der Waals surface area contributed by atoms with Gasteiger partial charge >= 0.3 is 12.1 Å². The van der Waals surface area contributed by atoms with Crippen LogP contribution in [0.25, 0.3) is 0 Å². The fourth-order valence-corrected chi connectivity index (χ4v) is 1.51. The lowest BCUT2D eigenvalue weighted by Gasteiger charge is -2.21. The Labute approximate surface area is 102 Å². The Bertz CT molecular complexity index is 411. The topological polar surface area (TPSA) is 12.0 Å². The molecule has 0 heterocycles. The van der Waals surface area contributed by atoms with Crippen LogP contribution in [-0.4, -0.2) is 12.7 Å². The van der Waals surface area contributed by atoms with Crippen molar-refractivity contribution in [2.75, 3.05) is 6.54 Å². The Morgan fingerprint density at radius 1 is 1.11 bits per heavy atom. The summed E-state index contributed by atoms with van der Waals surface area (Å²) >= 11 is 0. The predicted octanol–water partition coefficient (Wildman–Crippen LogP) is 3.76. The van der Waals surface area contributed by atoms with Crippen LogP contribution in [0, 0.1) is 6.92 Å². The van der Waals surface area contributed by atoms with E-state index in [1.807, 2.05) is 6.92 Å². The summed E-state index contributed by atoms with van der Waals surface area (Å²) in [6.07, 6.45) is -5.57. The predicted molar refractivity (Wildman–Crippen MR) is 58.5 cm³/mol. The molecule has 0 aliphatic heterocycles. The lowest BCUT2D eigenvalue weighted by atomic mass is 10.0. The van der Waals surface area contributed by atoms with Crippen LogP contribution in [0.5, 0.6) is 0 Å². The maximum Gasteiger partial charge on any atom is 0.458 e. The molecule has 1 rings (SSSR count). The number of hydrogen-bond donors (Lipinski definition) is 1. The van der Waals surface area contributed by atoms with Gasteiger partial charge in [-0.05, 0) is 30.7 Å². The smallest absolute Gasteiger partial charge is 0.313 e. The molecule has 0 saturated heterocycles. The fraction of sp³-hybridized carbons (Fsp3) is 0.500. The number of rotatable bonds is 4. The minimum Gasteiger partial charge on any atom is -0.313 e. The normalized spacial score (nSPS) is 12.8. The number of hydrogen-bond acceptors (Lipinski definition) is 1. The summed E-state index contributed by atoms with van der Waals surface area (Å²) in [5.41, 5.74) is 0.101. The van der Waals surface area contributed by atoms with Crippen molar-refractivity contribution >= 4 is 0 Å². The molecule has 0 aliphatic carbocycles. The second-order valence-electron chi connectivity index (χ2n) is 3.99. The standard InChI is InChI=1S/C12H14F5N/c1-3-18-7-9-4-5-10(6-8(9)2)11(13,14)12(15,16)17/h4-6,18H,3,7H2,1-2H3. The summed E-state index contributed by atoms with van der Waals surface area (Å²) in [6, 6.07) is 3.01. The molecular formula is C12H14F5N. The molecule has 0 fully saturated rings. The van der Waals surface area contributed by atoms with Crippen molar-refractivity contribution in [3.8, 4) is 0 Å². The van der Waals surface area contributed by atoms with Crippen LogP contribution in [0.1, 0.15) is 23.6 Å². The monoisotopic (exact) mass is 267 g/mol. The molecule has 0 amide bonds. The van der Waals surface area contributed by atoms with E-state index < -0.39 is 17.7 Å². The molecule has 0 unspecified atom stereocenters. The zero-order valence-corrected chi connectivity index (χ0v) is 10.0. The van der Waals surface area contributed by atoms with Crippen molar-refractivity contribution < 1.29 is 22.0 Å². The molecule has 1 aromatic carbocycles. The van der Waals surface area contributed by atoms with Gasteiger partial charge in [-0.2, -0.15) is 22.0 Å². The molecule has 0 spiro atoms. The van der Waals surface area contributed by atoms with Crippen molar-refractivity contribution in [3.05, 3.63) is 34.9 Å². The van der Waals surface area contributed by atoms with Gasteiger partial charge in [-0.25, -0.2) is 0 Å². The van der Waals surface area contributed by atoms with E-state index in [0.29, 0.717) is 24.2 Å². The van der Waals surface area contributed by atoms with E-state index in [1.54, 1.807) is 0 Å². The molecule has 102 valence electrons. The zero-order chi connectivity index (χ0) is 14.0. The van der Waals surface area contributed by atoms with E-state index in [2.05, 4.69) is 5.32 Å². The molecule has 6 heteroatoms. The van der Waals surface area contributed by atoms with Crippen LogP contribution >= 0.6 is 0 Å². The van der Waals surface area contributed by atoms with Crippen molar-refractivity contribution in [1.29, 1.82) is 0 Å². The number of alkyl halides is 5. The number of halogens is 5. The number of aryl methyl sites for hydroxylation is 1. The zero-order valence-electron chi connectivity index (χ0n) is 10.0. The van der Waals surface area contributed by atoms with Crippen LogP contribution in [0.3, 0.4) is 0 Å². The average molecular weight is 267 g/mol. The number of benzene rings is 1. The van der Waals surface area contributed by atoms with Crippen LogP contribution < -0.4 is 5.32 Å². The SMILES string of the molecule is CCNCc1ccc(C(F)(F)C(F)(F)F)cc1C. The third-order valence-corrected chi connectivity index (χ3v) is 2.63. The minimum atomic E-state index is -5.57. The number of nitrogens with one attached hydrogen (secondary N) is 1. The van der Waals surface area contributed by atoms with Gasteiger partial charge in [-0.15, -0.1) is 0 Å². The molecule has 1 aromatic rings. The molecule has 1 N–H and O–H groups in total. The van der Waals surface area contributed by atoms with E-state index in [0.717, 1.165) is 12.1 Å². The van der Waals surface area contributed by atoms with Crippen molar-refractivity contribution in [1.82, 2.24) is 5.32 Å². The van der Waals surface area contributed by atoms with Crippen molar-refractivity contribution in [2.45, 2.75) is 32.5 Å². The maximum absolute atomic E-state index is 13.1. The Morgan fingerprint density at radius 3 is 2.17 bits per heavy atom.